The van der Waals surface area contributed by atoms with Crippen molar-refractivity contribution in [2.45, 2.75) is 13.0 Å². The highest BCUT2D eigenvalue weighted by Crippen LogP contribution is 2.15. The summed E-state index contributed by atoms with van der Waals surface area (Å²) in [6, 6.07) is 20.2. The van der Waals surface area contributed by atoms with Crippen LogP contribution in [-0.4, -0.2) is 62.3 Å². The average molecular weight is 502 g/mol. The summed E-state index contributed by atoms with van der Waals surface area (Å²) in [5.74, 6) is -0.459. The Morgan fingerprint density at radius 1 is 0.861 bits per heavy atom. The van der Waals surface area contributed by atoms with E-state index in [0.717, 1.165) is 11.1 Å². The number of aromatic nitrogens is 3. The SMILES string of the molecule is O=C(Cc1cccc(Cl)c1)N1CCN(C(=O)c2nc3cccnc3n(Cc3ccccc3)c2=O)CC1. The summed E-state index contributed by atoms with van der Waals surface area (Å²) in [6.07, 6.45) is 1.85. The summed E-state index contributed by atoms with van der Waals surface area (Å²) >= 11 is 6.03. The molecule has 3 heterocycles. The van der Waals surface area contributed by atoms with E-state index in [1.165, 1.54) is 4.57 Å². The molecular weight excluding hydrogens is 478 g/mol. The third-order valence-corrected chi connectivity index (χ3v) is 6.49. The number of pyridine rings is 1. The second-order valence-electron chi connectivity index (χ2n) is 8.66. The van der Waals surface area contributed by atoms with Crippen LogP contribution in [0.4, 0.5) is 0 Å². The van der Waals surface area contributed by atoms with E-state index < -0.39 is 11.5 Å². The highest BCUT2D eigenvalue weighted by molar-refractivity contribution is 6.30. The maximum absolute atomic E-state index is 13.4. The van der Waals surface area contributed by atoms with Gasteiger partial charge < -0.3 is 9.80 Å². The van der Waals surface area contributed by atoms with Gasteiger partial charge in [0.1, 0.15) is 5.52 Å². The van der Waals surface area contributed by atoms with Crippen LogP contribution in [0, 0.1) is 0 Å². The summed E-state index contributed by atoms with van der Waals surface area (Å²) in [4.78, 5) is 51.6. The largest absolute Gasteiger partial charge is 0.339 e. The molecule has 0 spiro atoms. The van der Waals surface area contributed by atoms with Crippen molar-refractivity contribution in [3.8, 4) is 0 Å². The Hall–Kier alpha value is -4.04. The number of amides is 2. The second kappa shape index (κ2) is 10.3. The Kier molecular flexibility index (Phi) is 6.77. The van der Waals surface area contributed by atoms with Crippen LogP contribution in [0.25, 0.3) is 11.2 Å². The van der Waals surface area contributed by atoms with Gasteiger partial charge in [0.25, 0.3) is 11.5 Å². The second-order valence-corrected chi connectivity index (χ2v) is 9.10. The van der Waals surface area contributed by atoms with Gasteiger partial charge in [-0.25, -0.2) is 9.97 Å². The summed E-state index contributed by atoms with van der Waals surface area (Å²) in [7, 11) is 0. The zero-order chi connectivity index (χ0) is 25.1. The molecular formula is C27H24ClN5O3. The summed E-state index contributed by atoms with van der Waals surface area (Å²) in [6.45, 7) is 1.70. The zero-order valence-electron chi connectivity index (χ0n) is 19.5. The van der Waals surface area contributed by atoms with E-state index in [2.05, 4.69) is 9.97 Å². The van der Waals surface area contributed by atoms with Gasteiger partial charge in [0, 0.05) is 37.4 Å². The number of nitrogens with zero attached hydrogens (tertiary/aromatic N) is 5. The molecule has 1 aliphatic rings. The maximum Gasteiger partial charge on any atom is 0.284 e. The van der Waals surface area contributed by atoms with Crippen molar-refractivity contribution in [3.63, 3.8) is 0 Å². The number of fused-ring (bicyclic) bond motifs is 1. The minimum Gasteiger partial charge on any atom is -0.339 e. The lowest BCUT2D eigenvalue weighted by Gasteiger charge is -2.34. The number of benzene rings is 2. The molecule has 1 aliphatic heterocycles. The Bertz CT molecular complexity index is 1480. The van der Waals surface area contributed by atoms with E-state index in [1.807, 2.05) is 42.5 Å². The topological polar surface area (TPSA) is 88.4 Å². The number of hydrogen-bond donors (Lipinski definition) is 0. The van der Waals surface area contributed by atoms with E-state index in [4.69, 9.17) is 11.6 Å². The van der Waals surface area contributed by atoms with Crippen LogP contribution >= 0.6 is 11.6 Å². The minimum absolute atomic E-state index is 0.0236. The van der Waals surface area contributed by atoms with Crippen LogP contribution in [0.3, 0.4) is 0 Å². The van der Waals surface area contributed by atoms with Gasteiger partial charge in [-0.3, -0.25) is 19.0 Å². The van der Waals surface area contributed by atoms with E-state index in [0.29, 0.717) is 42.4 Å². The Morgan fingerprint density at radius 2 is 1.58 bits per heavy atom. The predicted molar refractivity (Wildman–Crippen MR) is 137 cm³/mol. The molecule has 1 saturated heterocycles. The third kappa shape index (κ3) is 4.99. The molecule has 1 fully saturated rings. The fourth-order valence-corrected chi connectivity index (χ4v) is 4.58. The molecule has 0 atom stereocenters. The van der Waals surface area contributed by atoms with E-state index in [1.54, 1.807) is 40.3 Å². The first-order chi connectivity index (χ1) is 17.5. The molecule has 5 rings (SSSR count). The molecule has 9 heteroatoms. The van der Waals surface area contributed by atoms with E-state index >= 15 is 0 Å². The quantitative estimate of drug-likeness (QED) is 0.419. The molecule has 2 aromatic carbocycles. The van der Waals surface area contributed by atoms with Crippen molar-refractivity contribution in [3.05, 3.63) is 105 Å². The van der Waals surface area contributed by atoms with Gasteiger partial charge in [-0.2, -0.15) is 0 Å². The molecule has 36 heavy (non-hydrogen) atoms. The van der Waals surface area contributed by atoms with Crippen molar-refractivity contribution in [2.75, 3.05) is 26.2 Å². The lowest BCUT2D eigenvalue weighted by molar-refractivity contribution is -0.131. The highest BCUT2D eigenvalue weighted by Gasteiger charge is 2.28. The van der Waals surface area contributed by atoms with E-state index in [-0.39, 0.29) is 24.6 Å². The van der Waals surface area contributed by atoms with Gasteiger partial charge in [-0.15, -0.1) is 0 Å². The predicted octanol–water partition coefficient (Wildman–Crippen LogP) is 3.02. The van der Waals surface area contributed by atoms with E-state index in [9.17, 15) is 14.4 Å². The molecule has 0 aliphatic carbocycles. The number of carbonyl (C=O) groups is 2. The van der Waals surface area contributed by atoms with Crippen molar-refractivity contribution in [1.82, 2.24) is 24.3 Å². The molecule has 2 amide bonds. The molecule has 0 N–H and O–H groups in total. The van der Waals surface area contributed by atoms with Gasteiger partial charge in [0.2, 0.25) is 5.91 Å². The van der Waals surface area contributed by atoms with Crippen LogP contribution in [0.5, 0.6) is 0 Å². The molecule has 8 nitrogen and oxygen atoms in total. The molecule has 0 radical (unpaired) electrons. The molecule has 2 aromatic heterocycles. The summed E-state index contributed by atoms with van der Waals surface area (Å²) < 4.78 is 1.50. The first kappa shape index (κ1) is 23.7. The molecule has 182 valence electrons. The van der Waals surface area contributed by atoms with Gasteiger partial charge in [-0.1, -0.05) is 54.1 Å². The van der Waals surface area contributed by atoms with Crippen molar-refractivity contribution in [2.24, 2.45) is 0 Å². The standard InChI is InChI=1S/C27H24ClN5O3/c28-21-9-4-8-20(16-21)17-23(34)31-12-14-32(15-13-31)26(35)24-27(36)33(18-19-6-2-1-3-7-19)25-22(30-24)10-5-11-29-25/h1-11,16H,12-15,17-18H2. The number of halogens is 1. The van der Waals surface area contributed by atoms with Crippen LogP contribution in [-0.2, 0) is 17.8 Å². The summed E-state index contributed by atoms with van der Waals surface area (Å²) in [5, 5.41) is 0.590. The smallest absolute Gasteiger partial charge is 0.284 e. The molecule has 0 saturated carbocycles. The van der Waals surface area contributed by atoms with Crippen LogP contribution < -0.4 is 5.56 Å². The average Bonchev–Trinajstić information content (AvgIpc) is 2.90. The third-order valence-electron chi connectivity index (χ3n) is 6.25. The zero-order valence-corrected chi connectivity index (χ0v) is 20.3. The number of carbonyl (C=O) groups excluding carboxylic acids is 2. The summed E-state index contributed by atoms with van der Waals surface area (Å²) in [5.41, 5.74) is 2.06. The van der Waals surface area contributed by atoms with Gasteiger partial charge in [-0.05, 0) is 35.4 Å². The van der Waals surface area contributed by atoms with Crippen molar-refractivity contribution >= 4 is 34.6 Å². The van der Waals surface area contributed by atoms with Crippen LogP contribution in [0.1, 0.15) is 21.6 Å². The van der Waals surface area contributed by atoms with Crippen molar-refractivity contribution < 1.29 is 9.59 Å². The van der Waals surface area contributed by atoms with Crippen molar-refractivity contribution in [1.29, 1.82) is 0 Å². The lowest BCUT2D eigenvalue weighted by Crippen LogP contribution is -2.52. The highest BCUT2D eigenvalue weighted by atomic mass is 35.5. The Labute approximate surface area is 212 Å². The number of rotatable bonds is 5. The van der Waals surface area contributed by atoms with Crippen LogP contribution in [0.2, 0.25) is 5.02 Å². The molecule has 0 bridgehead atoms. The van der Waals surface area contributed by atoms with Gasteiger partial charge in [0.05, 0.1) is 13.0 Å². The fourth-order valence-electron chi connectivity index (χ4n) is 4.37. The Morgan fingerprint density at radius 3 is 2.33 bits per heavy atom. The first-order valence-corrected chi connectivity index (χ1v) is 12.1. The first-order valence-electron chi connectivity index (χ1n) is 11.7. The fraction of sp³-hybridized carbons (Fsp3) is 0.222. The normalized spacial score (nSPS) is 13.7. The molecule has 4 aromatic rings. The van der Waals surface area contributed by atoms with Crippen LogP contribution in [0.15, 0.2) is 77.7 Å². The lowest BCUT2D eigenvalue weighted by atomic mass is 10.1. The molecule has 0 unspecified atom stereocenters. The maximum atomic E-state index is 13.4. The number of hydrogen-bond acceptors (Lipinski definition) is 5. The number of piperazine rings is 1. The monoisotopic (exact) mass is 501 g/mol. The van der Waals surface area contributed by atoms with Gasteiger partial charge >= 0.3 is 0 Å². The Balaban J connectivity index is 1.34. The van der Waals surface area contributed by atoms with Gasteiger partial charge in [0.15, 0.2) is 11.3 Å². The minimum atomic E-state index is -0.477.